The number of hydrogen-bond donors (Lipinski definition) is 1. The maximum absolute atomic E-state index is 11.8. The number of fused-ring (bicyclic) bond motifs is 1. The molecule has 0 spiro atoms. The second-order valence-corrected chi connectivity index (χ2v) is 3.49. The number of aryl methyl sites for hydroxylation is 1. The molecule has 2 rings (SSSR count). The van der Waals surface area contributed by atoms with E-state index in [1.54, 1.807) is 6.07 Å². The predicted octanol–water partition coefficient (Wildman–Crippen LogP) is 0.697. The molecule has 78 valence electrons. The second-order valence-electron chi connectivity index (χ2n) is 3.49. The molecule has 1 heterocycles. The predicted molar refractivity (Wildman–Crippen MR) is 57.8 cm³/mol. The third-order valence-corrected chi connectivity index (χ3v) is 2.32. The van der Waals surface area contributed by atoms with E-state index in [-0.39, 0.29) is 18.7 Å². The number of hydrogen-bond acceptors (Lipinski definition) is 3. The number of aliphatic hydroxyl groups excluding tert-OH is 1. The Morgan fingerprint density at radius 1 is 1.47 bits per heavy atom. The Hall–Kier alpha value is -1.68. The molecule has 0 amide bonds. The lowest BCUT2D eigenvalue weighted by atomic mass is 10.2. The Balaban J connectivity index is 2.69. The maximum atomic E-state index is 11.8. The number of aromatic nitrogens is 2. The van der Waals surface area contributed by atoms with Crippen molar-refractivity contribution in [2.75, 3.05) is 6.61 Å². The van der Waals surface area contributed by atoms with E-state index in [1.807, 2.05) is 19.1 Å². The molecule has 0 radical (unpaired) electrons. The fourth-order valence-electron chi connectivity index (χ4n) is 1.54. The van der Waals surface area contributed by atoms with Gasteiger partial charge in [0.05, 0.1) is 30.4 Å². The zero-order valence-electron chi connectivity index (χ0n) is 8.47. The van der Waals surface area contributed by atoms with E-state index in [2.05, 4.69) is 4.98 Å². The van der Waals surface area contributed by atoms with Crippen LogP contribution >= 0.6 is 0 Å². The normalized spacial score (nSPS) is 10.8. The number of rotatable bonds is 2. The highest BCUT2D eigenvalue weighted by atomic mass is 16.3. The van der Waals surface area contributed by atoms with Crippen molar-refractivity contribution in [3.05, 3.63) is 40.4 Å². The molecule has 0 aliphatic carbocycles. The van der Waals surface area contributed by atoms with E-state index < -0.39 is 0 Å². The average molecular weight is 204 g/mol. The van der Waals surface area contributed by atoms with Gasteiger partial charge < -0.3 is 5.11 Å². The van der Waals surface area contributed by atoms with Gasteiger partial charge in [-0.2, -0.15) is 0 Å². The molecule has 1 aromatic carbocycles. The molecule has 0 bridgehead atoms. The summed E-state index contributed by atoms with van der Waals surface area (Å²) in [5.41, 5.74) is 1.68. The van der Waals surface area contributed by atoms with Crippen LogP contribution in [0.3, 0.4) is 0 Å². The molecule has 1 N–H and O–H groups in total. The Labute approximate surface area is 86.8 Å². The van der Waals surface area contributed by atoms with Gasteiger partial charge in [-0.3, -0.25) is 9.36 Å². The van der Waals surface area contributed by atoms with Crippen LogP contribution in [0.1, 0.15) is 5.56 Å². The molecule has 0 fully saturated rings. The fraction of sp³-hybridized carbons (Fsp3) is 0.273. The lowest BCUT2D eigenvalue weighted by Gasteiger charge is -2.04. The Kier molecular flexibility index (Phi) is 2.51. The summed E-state index contributed by atoms with van der Waals surface area (Å²) in [6.07, 6.45) is 1.47. The van der Waals surface area contributed by atoms with Gasteiger partial charge in [0.1, 0.15) is 0 Å². The van der Waals surface area contributed by atoms with E-state index in [9.17, 15) is 4.79 Å². The van der Waals surface area contributed by atoms with Crippen molar-refractivity contribution in [1.29, 1.82) is 0 Å². The van der Waals surface area contributed by atoms with Gasteiger partial charge in [-0.25, -0.2) is 4.98 Å². The lowest BCUT2D eigenvalue weighted by molar-refractivity contribution is 0.274. The van der Waals surface area contributed by atoms with Crippen molar-refractivity contribution >= 4 is 10.9 Å². The van der Waals surface area contributed by atoms with E-state index in [4.69, 9.17) is 5.11 Å². The first-order valence-corrected chi connectivity index (χ1v) is 4.79. The maximum Gasteiger partial charge on any atom is 0.261 e. The number of nitrogens with zero attached hydrogens (tertiary/aromatic N) is 2. The van der Waals surface area contributed by atoms with Gasteiger partial charge in [0.2, 0.25) is 0 Å². The third kappa shape index (κ3) is 1.76. The van der Waals surface area contributed by atoms with Crippen LogP contribution in [0, 0.1) is 6.92 Å². The highest BCUT2D eigenvalue weighted by molar-refractivity contribution is 5.77. The number of aliphatic hydroxyl groups is 1. The van der Waals surface area contributed by atoms with Gasteiger partial charge in [0, 0.05) is 0 Å². The topological polar surface area (TPSA) is 55.1 Å². The summed E-state index contributed by atoms with van der Waals surface area (Å²) in [5, 5.41) is 9.37. The van der Waals surface area contributed by atoms with Gasteiger partial charge in [-0.1, -0.05) is 6.07 Å². The molecule has 0 atom stereocenters. The monoisotopic (exact) mass is 204 g/mol. The molecule has 0 unspecified atom stereocenters. The summed E-state index contributed by atoms with van der Waals surface area (Å²) in [5.74, 6) is 0. The summed E-state index contributed by atoms with van der Waals surface area (Å²) in [6, 6.07) is 5.53. The van der Waals surface area contributed by atoms with Crippen LogP contribution in [0.2, 0.25) is 0 Å². The Morgan fingerprint density at radius 3 is 3.00 bits per heavy atom. The molecule has 0 aliphatic rings. The molecular weight excluding hydrogens is 192 g/mol. The molecule has 4 heteroatoms. The molecule has 0 saturated heterocycles. The van der Waals surface area contributed by atoms with Crippen molar-refractivity contribution in [3.63, 3.8) is 0 Å². The quantitative estimate of drug-likeness (QED) is 0.783. The van der Waals surface area contributed by atoms with Crippen LogP contribution in [-0.4, -0.2) is 21.3 Å². The first-order valence-electron chi connectivity index (χ1n) is 4.79. The molecule has 15 heavy (non-hydrogen) atoms. The lowest BCUT2D eigenvalue weighted by Crippen LogP contribution is -2.22. The molecule has 1 aromatic heterocycles. The summed E-state index contributed by atoms with van der Waals surface area (Å²) in [4.78, 5) is 16.0. The fourth-order valence-corrected chi connectivity index (χ4v) is 1.54. The minimum absolute atomic E-state index is 0.0566. The highest BCUT2D eigenvalue weighted by Gasteiger charge is 2.02. The van der Waals surface area contributed by atoms with Crippen molar-refractivity contribution in [1.82, 2.24) is 9.55 Å². The van der Waals surface area contributed by atoms with Crippen LogP contribution in [-0.2, 0) is 6.54 Å². The van der Waals surface area contributed by atoms with E-state index in [1.165, 1.54) is 10.9 Å². The molecule has 2 aromatic rings. The van der Waals surface area contributed by atoms with Crippen LogP contribution in [0.15, 0.2) is 29.3 Å². The summed E-state index contributed by atoms with van der Waals surface area (Å²) in [7, 11) is 0. The van der Waals surface area contributed by atoms with E-state index in [0.717, 1.165) is 5.56 Å². The zero-order valence-corrected chi connectivity index (χ0v) is 8.47. The smallest absolute Gasteiger partial charge is 0.261 e. The molecule has 4 nitrogen and oxygen atoms in total. The largest absolute Gasteiger partial charge is 0.395 e. The average Bonchev–Trinajstić information content (AvgIpc) is 2.22. The standard InChI is InChI=1S/C11H12N2O2/c1-8-2-3-9-10(6-8)12-7-13(4-5-14)11(9)15/h2-3,6-7,14H,4-5H2,1H3. The van der Waals surface area contributed by atoms with Crippen molar-refractivity contribution in [2.45, 2.75) is 13.5 Å². The van der Waals surface area contributed by atoms with Gasteiger partial charge in [-0.15, -0.1) is 0 Å². The van der Waals surface area contributed by atoms with Gasteiger partial charge in [0.25, 0.3) is 5.56 Å². The van der Waals surface area contributed by atoms with Gasteiger partial charge in [0.15, 0.2) is 0 Å². The van der Waals surface area contributed by atoms with Crippen LogP contribution in [0.25, 0.3) is 10.9 Å². The van der Waals surface area contributed by atoms with Crippen LogP contribution < -0.4 is 5.56 Å². The SMILES string of the molecule is Cc1ccc2c(=O)n(CCO)cnc2c1. The third-order valence-electron chi connectivity index (χ3n) is 2.32. The van der Waals surface area contributed by atoms with Crippen molar-refractivity contribution in [3.8, 4) is 0 Å². The molecular formula is C11H12N2O2. The summed E-state index contributed by atoms with van der Waals surface area (Å²) >= 11 is 0. The zero-order chi connectivity index (χ0) is 10.8. The Bertz CT molecular complexity index is 546. The van der Waals surface area contributed by atoms with Crippen LogP contribution in [0.5, 0.6) is 0 Å². The van der Waals surface area contributed by atoms with E-state index in [0.29, 0.717) is 10.9 Å². The Morgan fingerprint density at radius 2 is 2.27 bits per heavy atom. The highest BCUT2D eigenvalue weighted by Crippen LogP contribution is 2.08. The first-order chi connectivity index (χ1) is 7.22. The summed E-state index contributed by atoms with van der Waals surface area (Å²) < 4.78 is 1.41. The summed E-state index contributed by atoms with van der Waals surface area (Å²) in [6.45, 7) is 2.19. The van der Waals surface area contributed by atoms with Gasteiger partial charge in [-0.05, 0) is 24.6 Å². The molecule has 0 aliphatic heterocycles. The van der Waals surface area contributed by atoms with Crippen molar-refractivity contribution in [2.24, 2.45) is 0 Å². The first kappa shape index (κ1) is 9.86. The van der Waals surface area contributed by atoms with Crippen LogP contribution in [0.4, 0.5) is 0 Å². The minimum atomic E-state index is -0.103. The van der Waals surface area contributed by atoms with E-state index >= 15 is 0 Å². The number of benzene rings is 1. The van der Waals surface area contributed by atoms with Crippen molar-refractivity contribution < 1.29 is 5.11 Å². The second kappa shape index (κ2) is 3.82. The minimum Gasteiger partial charge on any atom is -0.395 e. The van der Waals surface area contributed by atoms with Gasteiger partial charge >= 0.3 is 0 Å². The molecule has 0 saturated carbocycles.